The lowest BCUT2D eigenvalue weighted by Crippen LogP contribution is -2.39. The SMILES string of the molecule is CCn1c(=O)c2cc(NC(=O)CC(C)CC(=O)Nc3ncc(C#N)s3)ccc2n(CC)c1=O. The van der Waals surface area contributed by atoms with Crippen molar-refractivity contribution in [2.75, 3.05) is 10.6 Å². The van der Waals surface area contributed by atoms with Gasteiger partial charge in [-0.05, 0) is 38.0 Å². The standard InChI is InChI=1S/C22H24N6O4S/c1-4-27-17-7-6-14(10-16(17)20(31)28(5-2)22(27)32)25-18(29)8-13(3)9-19(30)26-21-24-12-15(11-23)33-21/h6-7,10,12-13H,4-5,8-9H2,1-3H3,(H,25,29)(H,24,26,30). The summed E-state index contributed by atoms with van der Waals surface area (Å²) >= 11 is 1.08. The molecule has 11 heteroatoms. The molecule has 0 spiro atoms. The van der Waals surface area contributed by atoms with Crippen LogP contribution in [0.4, 0.5) is 10.8 Å². The molecular formula is C22H24N6O4S. The van der Waals surface area contributed by atoms with Gasteiger partial charge in [0.25, 0.3) is 5.56 Å². The number of carbonyl (C=O) groups is 2. The number of fused-ring (bicyclic) bond motifs is 1. The number of amides is 2. The Bertz CT molecular complexity index is 1360. The number of thiazole rings is 1. The third kappa shape index (κ3) is 5.35. The number of nitrogens with one attached hydrogen (secondary N) is 2. The van der Waals surface area contributed by atoms with Gasteiger partial charge in [-0.2, -0.15) is 5.26 Å². The van der Waals surface area contributed by atoms with Gasteiger partial charge in [-0.1, -0.05) is 18.3 Å². The second-order valence-electron chi connectivity index (χ2n) is 7.56. The van der Waals surface area contributed by atoms with Crippen LogP contribution in [0.2, 0.25) is 0 Å². The molecule has 3 aromatic rings. The average molecular weight is 469 g/mol. The van der Waals surface area contributed by atoms with E-state index in [1.54, 1.807) is 32.0 Å². The lowest BCUT2D eigenvalue weighted by Gasteiger charge is -2.14. The molecule has 0 fully saturated rings. The molecular weight excluding hydrogens is 444 g/mol. The molecule has 1 atom stereocenters. The number of benzene rings is 1. The lowest BCUT2D eigenvalue weighted by atomic mass is 10.0. The van der Waals surface area contributed by atoms with Gasteiger partial charge >= 0.3 is 5.69 Å². The molecule has 0 aliphatic carbocycles. The zero-order valence-corrected chi connectivity index (χ0v) is 19.4. The van der Waals surface area contributed by atoms with Crippen LogP contribution < -0.4 is 21.9 Å². The average Bonchev–Trinajstić information content (AvgIpc) is 3.21. The monoisotopic (exact) mass is 468 g/mol. The predicted molar refractivity (Wildman–Crippen MR) is 126 cm³/mol. The van der Waals surface area contributed by atoms with E-state index in [1.165, 1.54) is 15.3 Å². The zero-order chi connectivity index (χ0) is 24.1. The van der Waals surface area contributed by atoms with E-state index in [9.17, 15) is 19.2 Å². The van der Waals surface area contributed by atoms with Crippen molar-refractivity contribution in [3.05, 3.63) is 50.1 Å². The fourth-order valence-electron chi connectivity index (χ4n) is 3.56. The van der Waals surface area contributed by atoms with Crippen molar-refractivity contribution >= 4 is 44.9 Å². The Morgan fingerprint density at radius 2 is 1.79 bits per heavy atom. The van der Waals surface area contributed by atoms with Crippen molar-refractivity contribution in [2.24, 2.45) is 5.92 Å². The number of hydrogen-bond donors (Lipinski definition) is 2. The molecule has 0 saturated carbocycles. The Balaban J connectivity index is 1.67. The zero-order valence-electron chi connectivity index (χ0n) is 18.5. The minimum Gasteiger partial charge on any atom is -0.326 e. The maximum absolute atomic E-state index is 12.7. The predicted octanol–water partition coefficient (Wildman–Crippen LogP) is 2.52. The summed E-state index contributed by atoms with van der Waals surface area (Å²) < 4.78 is 2.69. The van der Waals surface area contributed by atoms with E-state index in [0.717, 1.165) is 11.3 Å². The van der Waals surface area contributed by atoms with Gasteiger partial charge in [0.1, 0.15) is 10.9 Å². The molecule has 0 saturated heterocycles. The van der Waals surface area contributed by atoms with Gasteiger partial charge in [-0.3, -0.25) is 23.5 Å². The number of nitrogens with zero attached hydrogens (tertiary/aromatic N) is 4. The molecule has 2 heterocycles. The van der Waals surface area contributed by atoms with Crippen LogP contribution in [0.25, 0.3) is 10.9 Å². The molecule has 10 nitrogen and oxygen atoms in total. The van der Waals surface area contributed by atoms with E-state index in [4.69, 9.17) is 5.26 Å². The van der Waals surface area contributed by atoms with Crippen molar-refractivity contribution < 1.29 is 9.59 Å². The van der Waals surface area contributed by atoms with Crippen LogP contribution in [0.15, 0.2) is 34.0 Å². The van der Waals surface area contributed by atoms with Crippen LogP contribution in [0, 0.1) is 17.2 Å². The second kappa shape index (κ2) is 10.2. The largest absolute Gasteiger partial charge is 0.331 e. The highest BCUT2D eigenvalue weighted by atomic mass is 32.1. The molecule has 172 valence electrons. The van der Waals surface area contributed by atoms with Crippen LogP contribution in [0.5, 0.6) is 0 Å². The summed E-state index contributed by atoms with van der Waals surface area (Å²) in [6.45, 7) is 6.01. The summed E-state index contributed by atoms with van der Waals surface area (Å²) in [6.07, 6.45) is 1.59. The Morgan fingerprint density at radius 1 is 1.12 bits per heavy atom. The first-order chi connectivity index (χ1) is 15.8. The summed E-state index contributed by atoms with van der Waals surface area (Å²) in [5, 5.41) is 14.9. The van der Waals surface area contributed by atoms with Gasteiger partial charge in [-0.15, -0.1) is 0 Å². The molecule has 0 radical (unpaired) electrons. The Kier molecular flexibility index (Phi) is 7.40. The maximum Gasteiger partial charge on any atom is 0.331 e. The highest BCUT2D eigenvalue weighted by Crippen LogP contribution is 2.19. The number of aromatic nitrogens is 3. The van der Waals surface area contributed by atoms with Crippen molar-refractivity contribution in [3.8, 4) is 6.07 Å². The van der Waals surface area contributed by atoms with E-state index < -0.39 is 5.56 Å². The van der Waals surface area contributed by atoms with Crippen molar-refractivity contribution in [3.63, 3.8) is 0 Å². The van der Waals surface area contributed by atoms with E-state index in [1.807, 2.05) is 13.0 Å². The highest BCUT2D eigenvalue weighted by Gasteiger charge is 2.16. The molecule has 2 amide bonds. The number of rotatable bonds is 8. The number of hydrogen-bond acceptors (Lipinski definition) is 7. The summed E-state index contributed by atoms with van der Waals surface area (Å²) in [7, 11) is 0. The molecule has 3 rings (SSSR count). The summed E-state index contributed by atoms with van der Waals surface area (Å²) in [5.41, 5.74) is 0.201. The Morgan fingerprint density at radius 3 is 2.39 bits per heavy atom. The number of aryl methyl sites for hydroxylation is 1. The number of nitriles is 1. The van der Waals surface area contributed by atoms with Gasteiger partial charge in [-0.25, -0.2) is 9.78 Å². The van der Waals surface area contributed by atoms with Gasteiger partial charge in [0.05, 0.1) is 17.1 Å². The van der Waals surface area contributed by atoms with Gasteiger partial charge in [0.15, 0.2) is 5.13 Å². The third-order valence-corrected chi connectivity index (χ3v) is 5.89. The quantitative estimate of drug-likeness (QED) is 0.521. The summed E-state index contributed by atoms with van der Waals surface area (Å²) in [5.74, 6) is -0.837. The summed E-state index contributed by atoms with van der Waals surface area (Å²) in [6, 6.07) is 6.82. The van der Waals surface area contributed by atoms with Gasteiger partial charge in [0, 0.05) is 31.6 Å². The molecule has 1 aromatic carbocycles. The minimum atomic E-state index is -0.398. The lowest BCUT2D eigenvalue weighted by molar-refractivity contribution is -0.118. The molecule has 33 heavy (non-hydrogen) atoms. The fraction of sp³-hybridized carbons (Fsp3) is 0.364. The first-order valence-electron chi connectivity index (χ1n) is 10.5. The molecule has 0 bridgehead atoms. The van der Waals surface area contributed by atoms with Crippen molar-refractivity contribution in [1.82, 2.24) is 14.1 Å². The summed E-state index contributed by atoms with van der Waals surface area (Å²) in [4.78, 5) is 54.2. The number of carbonyl (C=O) groups excluding carboxylic acids is 2. The molecule has 2 N–H and O–H groups in total. The fourth-order valence-corrected chi connectivity index (χ4v) is 4.19. The van der Waals surface area contributed by atoms with Crippen LogP contribution in [0.3, 0.4) is 0 Å². The molecule has 0 aliphatic heterocycles. The first kappa shape index (κ1) is 23.9. The first-order valence-corrected chi connectivity index (χ1v) is 11.3. The maximum atomic E-state index is 12.7. The van der Waals surface area contributed by atoms with E-state index in [-0.39, 0.29) is 42.8 Å². The van der Waals surface area contributed by atoms with E-state index >= 15 is 0 Å². The van der Waals surface area contributed by atoms with Crippen LogP contribution >= 0.6 is 11.3 Å². The number of anilines is 2. The van der Waals surface area contributed by atoms with Crippen LogP contribution in [-0.2, 0) is 22.7 Å². The molecule has 1 unspecified atom stereocenters. The Labute approximate surface area is 193 Å². The highest BCUT2D eigenvalue weighted by molar-refractivity contribution is 7.16. The molecule has 0 aliphatic rings. The third-order valence-electron chi connectivity index (χ3n) is 5.07. The van der Waals surface area contributed by atoms with Crippen molar-refractivity contribution in [1.29, 1.82) is 5.26 Å². The van der Waals surface area contributed by atoms with E-state index in [2.05, 4.69) is 15.6 Å². The van der Waals surface area contributed by atoms with Crippen LogP contribution in [0.1, 0.15) is 38.5 Å². The normalized spacial score (nSPS) is 11.7. The van der Waals surface area contributed by atoms with Crippen LogP contribution in [-0.4, -0.2) is 25.9 Å². The topological polar surface area (TPSA) is 139 Å². The second-order valence-corrected chi connectivity index (χ2v) is 8.59. The minimum absolute atomic E-state index is 0.0976. The van der Waals surface area contributed by atoms with Crippen molar-refractivity contribution in [2.45, 2.75) is 46.7 Å². The molecule has 2 aromatic heterocycles. The Hall–Kier alpha value is -3.78. The van der Waals surface area contributed by atoms with E-state index in [0.29, 0.717) is 33.1 Å². The van der Waals surface area contributed by atoms with Gasteiger partial charge < -0.3 is 10.6 Å². The smallest absolute Gasteiger partial charge is 0.326 e. The van der Waals surface area contributed by atoms with Gasteiger partial charge in [0.2, 0.25) is 11.8 Å².